The number of fused-ring (bicyclic) bond motifs is 1. The summed E-state index contributed by atoms with van der Waals surface area (Å²) in [6.07, 6.45) is 4.37. The molecule has 0 atom stereocenters. The molecule has 1 aromatic carbocycles. The van der Waals surface area contributed by atoms with Crippen LogP contribution < -0.4 is 9.88 Å². The van der Waals surface area contributed by atoms with Gasteiger partial charge in [-0.05, 0) is 50.7 Å². The van der Waals surface area contributed by atoms with E-state index in [1.165, 1.54) is 5.56 Å². The minimum absolute atomic E-state index is 0.0909. The molecule has 0 saturated carbocycles. The summed E-state index contributed by atoms with van der Waals surface area (Å²) in [4.78, 5) is 25.1. The number of nitrogens with one attached hydrogen (secondary N) is 2. The van der Waals surface area contributed by atoms with Crippen molar-refractivity contribution in [3.63, 3.8) is 0 Å². The molecule has 1 amide bonds. The lowest BCUT2D eigenvalue weighted by atomic mass is 10.2. The summed E-state index contributed by atoms with van der Waals surface area (Å²) in [5.74, 6) is -0.229. The van der Waals surface area contributed by atoms with Crippen molar-refractivity contribution in [1.29, 1.82) is 0 Å². The van der Waals surface area contributed by atoms with Gasteiger partial charge in [0, 0.05) is 17.7 Å². The fraction of sp³-hybridized carbons (Fsp3) is 0.435. The third-order valence-electron chi connectivity index (χ3n) is 4.87. The molecule has 0 unspecified atom stereocenters. The maximum atomic E-state index is 12.0. The summed E-state index contributed by atoms with van der Waals surface area (Å²) in [6.45, 7) is 11.5. The van der Waals surface area contributed by atoms with Crippen LogP contribution in [0.5, 0.6) is 0 Å². The normalized spacial score (nSPS) is 10.5. The van der Waals surface area contributed by atoms with Crippen molar-refractivity contribution in [3.05, 3.63) is 53.9 Å². The van der Waals surface area contributed by atoms with Crippen LogP contribution in [0, 0.1) is 6.92 Å². The van der Waals surface area contributed by atoms with Gasteiger partial charge in [-0.3, -0.25) is 14.5 Å². The first-order valence-electron chi connectivity index (χ1n) is 10.9. The molecular formula is C23H33N6O3+. The standard InChI is InChI=1S/C12H17N5O.C11H16NO2/c1-3-17(4-2)8-13-12(18)9-5-6-10-11(7-9)15-16-14-10;1-3-14-11(13)6-9-12-7-4-10(2)5-8-12/h5-7H,3-4,8H2,1-2H3,(H,13,18)(H,14,15,16);4-5,7-8H,3,6,9H2,1-2H3/q;+1. The van der Waals surface area contributed by atoms with Crippen LogP contribution in [0.25, 0.3) is 11.0 Å². The quantitative estimate of drug-likeness (QED) is 0.300. The predicted octanol–water partition coefficient (Wildman–Crippen LogP) is 2.22. The Morgan fingerprint density at radius 2 is 1.75 bits per heavy atom. The van der Waals surface area contributed by atoms with Gasteiger partial charge in [-0.2, -0.15) is 15.4 Å². The Bertz CT molecular complexity index is 983. The Kier molecular flexibility index (Phi) is 10.3. The Hall–Kier alpha value is -3.33. The number of aryl methyl sites for hydroxylation is 2. The van der Waals surface area contributed by atoms with Gasteiger partial charge in [0.25, 0.3) is 5.91 Å². The second-order valence-corrected chi connectivity index (χ2v) is 7.16. The number of aromatic amines is 1. The minimum atomic E-state index is -0.138. The minimum Gasteiger partial charge on any atom is -0.466 e. The number of rotatable bonds is 9. The number of hydrogen-bond donors (Lipinski definition) is 2. The number of ether oxygens (including phenoxy) is 1. The number of carbonyl (C=O) groups is 2. The number of carbonyl (C=O) groups excluding carboxylic acids is 2. The number of hydrogen-bond acceptors (Lipinski definition) is 6. The van der Waals surface area contributed by atoms with Crippen LogP contribution in [-0.4, -0.2) is 58.6 Å². The molecule has 3 rings (SSSR count). The van der Waals surface area contributed by atoms with Crippen LogP contribution in [0.3, 0.4) is 0 Å². The van der Waals surface area contributed by atoms with Gasteiger partial charge in [0.1, 0.15) is 17.5 Å². The van der Waals surface area contributed by atoms with Crippen LogP contribution in [0.1, 0.15) is 43.1 Å². The molecule has 0 aliphatic rings. The summed E-state index contributed by atoms with van der Waals surface area (Å²) in [7, 11) is 0. The highest BCUT2D eigenvalue weighted by Gasteiger charge is 2.09. The van der Waals surface area contributed by atoms with Crippen molar-refractivity contribution in [1.82, 2.24) is 25.6 Å². The van der Waals surface area contributed by atoms with Gasteiger partial charge in [-0.15, -0.1) is 0 Å². The van der Waals surface area contributed by atoms with Gasteiger partial charge in [0.15, 0.2) is 18.9 Å². The van der Waals surface area contributed by atoms with Crippen LogP contribution in [-0.2, 0) is 16.1 Å². The van der Waals surface area contributed by atoms with Gasteiger partial charge >= 0.3 is 5.97 Å². The Labute approximate surface area is 188 Å². The molecule has 0 bridgehead atoms. The molecule has 2 aromatic heterocycles. The average Bonchev–Trinajstić information content (AvgIpc) is 3.28. The monoisotopic (exact) mass is 441 g/mol. The summed E-state index contributed by atoms with van der Waals surface area (Å²) in [5.41, 5.74) is 3.28. The average molecular weight is 442 g/mol. The topological polar surface area (TPSA) is 104 Å². The fourth-order valence-corrected chi connectivity index (χ4v) is 2.85. The lowest BCUT2D eigenvalue weighted by Crippen LogP contribution is -2.37. The smallest absolute Gasteiger partial charge is 0.312 e. The Balaban J connectivity index is 0.000000235. The maximum Gasteiger partial charge on any atom is 0.312 e. The van der Waals surface area contributed by atoms with Crippen molar-refractivity contribution in [2.24, 2.45) is 0 Å². The third-order valence-corrected chi connectivity index (χ3v) is 4.87. The van der Waals surface area contributed by atoms with Crippen molar-refractivity contribution in [2.45, 2.75) is 40.7 Å². The van der Waals surface area contributed by atoms with Crippen molar-refractivity contribution in [3.8, 4) is 0 Å². The molecular weight excluding hydrogens is 408 g/mol. The van der Waals surface area contributed by atoms with E-state index in [9.17, 15) is 9.59 Å². The first-order chi connectivity index (χ1) is 15.5. The number of amides is 1. The van der Waals surface area contributed by atoms with Gasteiger partial charge in [0.05, 0.1) is 13.3 Å². The summed E-state index contributed by atoms with van der Waals surface area (Å²) < 4.78 is 6.81. The molecule has 0 radical (unpaired) electrons. The first-order valence-corrected chi connectivity index (χ1v) is 10.9. The third kappa shape index (κ3) is 8.07. The van der Waals surface area contributed by atoms with E-state index in [0.717, 1.165) is 18.6 Å². The number of H-pyrrole nitrogens is 1. The first kappa shape index (κ1) is 24.9. The highest BCUT2D eigenvalue weighted by Crippen LogP contribution is 2.10. The molecule has 172 valence electrons. The zero-order valence-electron chi connectivity index (χ0n) is 19.3. The molecule has 3 aromatic rings. The van der Waals surface area contributed by atoms with Crippen molar-refractivity contribution >= 4 is 22.9 Å². The molecule has 0 saturated heterocycles. The van der Waals surface area contributed by atoms with Crippen LogP contribution in [0.15, 0.2) is 42.7 Å². The largest absolute Gasteiger partial charge is 0.466 e. The van der Waals surface area contributed by atoms with E-state index in [1.807, 2.05) is 42.9 Å². The van der Waals surface area contributed by atoms with Crippen LogP contribution in [0.4, 0.5) is 0 Å². The second kappa shape index (κ2) is 13.2. The molecule has 9 nitrogen and oxygen atoms in total. The van der Waals surface area contributed by atoms with E-state index in [0.29, 0.717) is 37.3 Å². The molecule has 0 spiro atoms. The SMILES string of the molecule is CCN(CC)CNC(=O)c1ccc2n[nH]nc2c1.CCOC(=O)CC[n+]1ccc(C)cc1. The predicted molar refractivity (Wildman–Crippen MR) is 122 cm³/mol. The Morgan fingerprint density at radius 3 is 2.41 bits per heavy atom. The van der Waals surface area contributed by atoms with E-state index in [-0.39, 0.29) is 11.9 Å². The van der Waals surface area contributed by atoms with Gasteiger partial charge in [0.2, 0.25) is 0 Å². The number of pyridine rings is 1. The summed E-state index contributed by atoms with van der Waals surface area (Å²) >= 11 is 0. The molecule has 0 fully saturated rings. The lowest BCUT2D eigenvalue weighted by molar-refractivity contribution is -0.696. The number of aromatic nitrogens is 4. The zero-order valence-corrected chi connectivity index (χ0v) is 19.3. The molecule has 9 heteroatoms. The number of nitrogens with zero attached hydrogens (tertiary/aromatic N) is 4. The van der Waals surface area contributed by atoms with Crippen molar-refractivity contribution < 1.29 is 18.9 Å². The maximum absolute atomic E-state index is 12.0. The highest BCUT2D eigenvalue weighted by molar-refractivity contribution is 5.97. The lowest BCUT2D eigenvalue weighted by Gasteiger charge is -2.18. The number of benzene rings is 1. The molecule has 0 aliphatic carbocycles. The Morgan fingerprint density at radius 1 is 1.06 bits per heavy atom. The molecule has 32 heavy (non-hydrogen) atoms. The van der Waals surface area contributed by atoms with Crippen molar-refractivity contribution in [2.75, 3.05) is 26.4 Å². The van der Waals surface area contributed by atoms with E-state index >= 15 is 0 Å². The zero-order chi connectivity index (χ0) is 23.3. The van der Waals surface area contributed by atoms with Crippen LogP contribution in [0.2, 0.25) is 0 Å². The number of esters is 1. The summed E-state index contributed by atoms with van der Waals surface area (Å²) in [6, 6.07) is 9.31. The van der Waals surface area contributed by atoms with Gasteiger partial charge in [-0.25, -0.2) is 4.57 Å². The molecule has 2 N–H and O–H groups in total. The molecule has 2 heterocycles. The second-order valence-electron chi connectivity index (χ2n) is 7.16. The van der Waals surface area contributed by atoms with E-state index < -0.39 is 0 Å². The highest BCUT2D eigenvalue weighted by atomic mass is 16.5. The van der Waals surface area contributed by atoms with E-state index in [1.54, 1.807) is 18.2 Å². The van der Waals surface area contributed by atoms with E-state index in [4.69, 9.17) is 4.74 Å². The van der Waals surface area contributed by atoms with Gasteiger partial charge in [-0.1, -0.05) is 13.8 Å². The van der Waals surface area contributed by atoms with Crippen LogP contribution >= 0.6 is 0 Å². The summed E-state index contributed by atoms with van der Waals surface area (Å²) in [5, 5.41) is 13.3. The fourth-order valence-electron chi connectivity index (χ4n) is 2.85. The van der Waals surface area contributed by atoms with Gasteiger partial charge < -0.3 is 10.1 Å². The molecule has 0 aliphatic heterocycles. The van der Waals surface area contributed by atoms with E-state index in [2.05, 4.69) is 39.5 Å².